The lowest BCUT2D eigenvalue weighted by molar-refractivity contribution is -0.317. The molecule has 0 spiro atoms. The van der Waals surface area contributed by atoms with Gasteiger partial charge in [-0.2, -0.15) is 4.39 Å². The molecule has 0 radical (unpaired) electrons. The van der Waals surface area contributed by atoms with Crippen molar-refractivity contribution in [3.8, 4) is 0 Å². The Bertz CT molecular complexity index is 1600. The Hall–Kier alpha value is -2.48. The van der Waals surface area contributed by atoms with Crippen LogP contribution in [0.3, 0.4) is 0 Å². The van der Waals surface area contributed by atoms with Gasteiger partial charge in [-0.25, -0.2) is 4.79 Å². The molecule has 0 saturated carbocycles. The maximum Gasteiger partial charge on any atom is 0.329 e. The minimum atomic E-state index is -1.66. The predicted octanol–water partition coefficient (Wildman–Crippen LogP) is -3.73. The maximum atomic E-state index is 13.9. The van der Waals surface area contributed by atoms with Gasteiger partial charge in [0.25, 0.3) is 5.56 Å². The first-order chi connectivity index (χ1) is 26.2. The lowest BCUT2D eigenvalue weighted by Crippen LogP contribution is -2.69. The van der Waals surface area contributed by atoms with Crippen molar-refractivity contribution in [2.24, 2.45) is 10.8 Å². The van der Waals surface area contributed by atoms with Gasteiger partial charge in [-0.05, 0) is 26.7 Å². The number of H-pyrrole nitrogens is 1. The van der Waals surface area contributed by atoms with E-state index in [2.05, 4.69) is 0 Å². The van der Waals surface area contributed by atoms with E-state index in [9.17, 15) is 59.6 Å². The lowest BCUT2D eigenvalue weighted by Gasteiger charge is -2.55. The highest BCUT2D eigenvalue weighted by molar-refractivity contribution is 5.69. The number of aliphatic hydroxyl groups is 8. The van der Waals surface area contributed by atoms with Crippen molar-refractivity contribution < 1.29 is 83.2 Å². The van der Waals surface area contributed by atoms with Crippen LogP contribution in [0, 0.1) is 16.6 Å². The fourth-order valence-corrected chi connectivity index (χ4v) is 7.59. The normalized spacial score (nSPS) is 41.7. The van der Waals surface area contributed by atoms with E-state index >= 15 is 0 Å². The van der Waals surface area contributed by atoms with E-state index in [-0.39, 0.29) is 32.7 Å². The zero-order chi connectivity index (χ0) is 42.0. The molecule has 21 heteroatoms. The maximum absolute atomic E-state index is 13.9. The van der Waals surface area contributed by atoms with Gasteiger partial charge in [-0.1, -0.05) is 20.8 Å². The standard InChI is InChI=1S/C35H57FN2O18/c1-7-34(4)28(54-21(41)11-38-10-17(36)29(48)37-31(38)49)27(47)33(3,20(13-40)56-34)15-51-16-35(5)26(46)25(45)32(2,14-50-6)19(55-35)8-9-52-30-24(44)23(43)22(42)18(12-39)53-30/h10,18-20,22-28,30,39-40,42-47H,7-9,11-16H2,1-6H3,(H,37,48,49)/t18?,19?,20?,22?,23-,24?,25+,26?,27+,28?,30+,32-,33-,34+,35+/m1/s1. The molecule has 3 aliphatic heterocycles. The molecule has 4 heterocycles. The number of carbonyl (C=O) groups is 1. The van der Waals surface area contributed by atoms with Crippen molar-refractivity contribution in [3.05, 3.63) is 32.9 Å². The SMILES string of the molecule is CC[C@]1(C)OC(CO)[C@@](C)(COC[C@]2(C)OC(CCO[C@H]3OC(CO)C(O)[C@@H](O)C3O)[C@@](C)(COC)[C@@H](O)C2O)[C@@H](O)C1OC(=O)Cn1cc(F)c(=O)[nH]c1=O. The highest BCUT2D eigenvalue weighted by Crippen LogP contribution is 2.46. The van der Waals surface area contributed by atoms with Crippen LogP contribution >= 0.6 is 0 Å². The molecule has 15 atom stereocenters. The molecule has 3 aliphatic rings. The average molecular weight is 813 g/mol. The number of methoxy groups -OCH3 is 1. The number of nitrogens with zero attached hydrogens (tertiary/aromatic N) is 1. The molecule has 3 saturated heterocycles. The molecule has 56 heavy (non-hydrogen) atoms. The number of aliphatic hydroxyl groups excluding tert-OH is 8. The molecule has 20 nitrogen and oxygen atoms in total. The third-order valence-electron chi connectivity index (χ3n) is 11.6. The third kappa shape index (κ3) is 9.05. The van der Waals surface area contributed by atoms with E-state index in [1.807, 2.05) is 0 Å². The zero-order valence-corrected chi connectivity index (χ0v) is 32.3. The van der Waals surface area contributed by atoms with Gasteiger partial charge in [0.2, 0.25) is 5.82 Å². The first kappa shape index (κ1) is 46.2. The van der Waals surface area contributed by atoms with Gasteiger partial charge in [0.15, 0.2) is 12.4 Å². The van der Waals surface area contributed by atoms with E-state index in [1.54, 1.807) is 25.8 Å². The average Bonchev–Trinajstić information content (AvgIpc) is 3.15. The number of hydrogen-bond donors (Lipinski definition) is 9. The molecule has 1 aromatic rings. The van der Waals surface area contributed by atoms with E-state index in [1.165, 1.54) is 21.0 Å². The van der Waals surface area contributed by atoms with Crippen LogP contribution in [-0.4, -0.2) is 182 Å². The van der Waals surface area contributed by atoms with Gasteiger partial charge in [0.1, 0.15) is 54.4 Å². The van der Waals surface area contributed by atoms with Crippen molar-refractivity contribution in [1.29, 1.82) is 0 Å². The summed E-state index contributed by atoms with van der Waals surface area (Å²) in [5.41, 5.74) is -8.03. The number of nitrogens with one attached hydrogen (secondary N) is 1. The van der Waals surface area contributed by atoms with Gasteiger partial charge < -0.3 is 74.0 Å². The Kier molecular flexibility index (Phi) is 15.0. The van der Waals surface area contributed by atoms with E-state index in [0.717, 1.165) is 0 Å². The number of aromatic amines is 1. The Labute approximate surface area is 321 Å². The Morgan fingerprint density at radius 3 is 2.12 bits per heavy atom. The van der Waals surface area contributed by atoms with Crippen molar-refractivity contribution in [2.75, 3.05) is 46.8 Å². The Balaban J connectivity index is 1.49. The molecule has 0 aliphatic carbocycles. The third-order valence-corrected chi connectivity index (χ3v) is 11.6. The second kappa shape index (κ2) is 18.2. The molecule has 7 unspecified atom stereocenters. The summed E-state index contributed by atoms with van der Waals surface area (Å²) in [5.74, 6) is -2.38. The largest absolute Gasteiger partial charge is 0.455 e. The second-order valence-corrected chi connectivity index (χ2v) is 15.8. The highest BCUT2D eigenvalue weighted by atomic mass is 19.1. The number of halogens is 1. The summed E-state index contributed by atoms with van der Waals surface area (Å²) < 4.78 is 55.2. The molecular weight excluding hydrogens is 755 g/mol. The van der Waals surface area contributed by atoms with Gasteiger partial charge in [0, 0.05) is 17.9 Å². The smallest absolute Gasteiger partial charge is 0.329 e. The summed E-state index contributed by atoms with van der Waals surface area (Å²) in [6.45, 7) is 4.77. The van der Waals surface area contributed by atoms with Crippen LogP contribution in [0.4, 0.5) is 4.39 Å². The van der Waals surface area contributed by atoms with Crippen molar-refractivity contribution in [3.63, 3.8) is 0 Å². The van der Waals surface area contributed by atoms with Crippen LogP contribution in [0.15, 0.2) is 15.8 Å². The second-order valence-electron chi connectivity index (χ2n) is 15.8. The number of carbonyl (C=O) groups excluding carboxylic acids is 1. The van der Waals surface area contributed by atoms with E-state index < -0.39 is 139 Å². The van der Waals surface area contributed by atoms with Gasteiger partial charge in [-0.15, -0.1) is 0 Å². The zero-order valence-electron chi connectivity index (χ0n) is 32.3. The van der Waals surface area contributed by atoms with Crippen LogP contribution in [0.1, 0.15) is 47.5 Å². The fourth-order valence-electron chi connectivity index (χ4n) is 7.59. The number of esters is 1. The lowest BCUT2D eigenvalue weighted by atomic mass is 9.69. The first-order valence-corrected chi connectivity index (χ1v) is 18.3. The summed E-state index contributed by atoms with van der Waals surface area (Å²) in [6, 6.07) is 0. The van der Waals surface area contributed by atoms with Crippen LogP contribution in [0.25, 0.3) is 0 Å². The molecular formula is C35H57FN2O18. The molecule has 4 rings (SSSR count). The molecule has 9 N–H and O–H groups in total. The summed E-state index contributed by atoms with van der Waals surface area (Å²) in [7, 11) is 1.40. The monoisotopic (exact) mass is 812 g/mol. The number of ether oxygens (including phenoxy) is 7. The summed E-state index contributed by atoms with van der Waals surface area (Å²) >= 11 is 0. The topological polar surface area (TPSA) is 298 Å². The van der Waals surface area contributed by atoms with Crippen molar-refractivity contribution in [1.82, 2.24) is 9.55 Å². The van der Waals surface area contributed by atoms with E-state index in [4.69, 9.17) is 33.2 Å². The van der Waals surface area contributed by atoms with Gasteiger partial charge >= 0.3 is 11.7 Å². The van der Waals surface area contributed by atoms with Gasteiger partial charge in [0.05, 0.1) is 64.2 Å². The van der Waals surface area contributed by atoms with Crippen molar-refractivity contribution >= 4 is 5.97 Å². The van der Waals surface area contributed by atoms with Crippen LogP contribution < -0.4 is 11.2 Å². The van der Waals surface area contributed by atoms with Crippen LogP contribution in [0.2, 0.25) is 0 Å². The quantitative estimate of drug-likeness (QED) is 0.0725. The molecule has 322 valence electrons. The minimum Gasteiger partial charge on any atom is -0.455 e. The number of hydrogen-bond acceptors (Lipinski definition) is 18. The molecule has 0 aromatic carbocycles. The van der Waals surface area contributed by atoms with Crippen LogP contribution in [0.5, 0.6) is 0 Å². The molecule has 0 bridgehead atoms. The predicted molar refractivity (Wildman–Crippen MR) is 186 cm³/mol. The van der Waals surface area contributed by atoms with E-state index in [0.29, 0.717) is 10.8 Å². The summed E-state index contributed by atoms with van der Waals surface area (Å²) in [5, 5.41) is 85.2. The molecule has 3 fully saturated rings. The number of rotatable bonds is 16. The summed E-state index contributed by atoms with van der Waals surface area (Å²) in [6.07, 6.45) is -14.7. The first-order valence-electron chi connectivity index (χ1n) is 18.3. The number of aromatic nitrogens is 2. The summed E-state index contributed by atoms with van der Waals surface area (Å²) in [4.78, 5) is 38.4. The van der Waals surface area contributed by atoms with Gasteiger partial charge in [-0.3, -0.25) is 19.1 Å². The minimum absolute atomic E-state index is 0.0194. The Morgan fingerprint density at radius 1 is 0.875 bits per heavy atom. The van der Waals surface area contributed by atoms with Crippen LogP contribution in [-0.2, 0) is 44.5 Å². The molecule has 0 amide bonds. The molecule has 1 aromatic heterocycles. The fraction of sp³-hybridized carbons (Fsp3) is 0.857. The van der Waals surface area contributed by atoms with Crippen molar-refractivity contribution in [2.45, 2.75) is 133 Å². The highest BCUT2D eigenvalue weighted by Gasteiger charge is 2.60. The Morgan fingerprint density at radius 2 is 1.52 bits per heavy atom.